The zero-order chi connectivity index (χ0) is 24.9. The van der Waals surface area contributed by atoms with Crippen molar-refractivity contribution in [1.82, 2.24) is 4.90 Å². The van der Waals surface area contributed by atoms with E-state index in [9.17, 15) is 0 Å². The topological polar surface area (TPSA) is 51.2 Å². The molecule has 6 heteroatoms. The lowest BCUT2D eigenvalue weighted by atomic mass is 9.97. The molecule has 1 saturated heterocycles. The third-order valence-electron chi connectivity index (χ3n) is 6.65. The van der Waals surface area contributed by atoms with E-state index in [0.29, 0.717) is 6.61 Å². The Morgan fingerprint density at radius 3 is 2.56 bits per heavy atom. The van der Waals surface area contributed by atoms with Gasteiger partial charge in [0.1, 0.15) is 18.1 Å². The van der Waals surface area contributed by atoms with Gasteiger partial charge in [0.25, 0.3) is 0 Å². The van der Waals surface area contributed by atoms with Crippen molar-refractivity contribution in [3.63, 3.8) is 0 Å². The van der Waals surface area contributed by atoms with Crippen LogP contribution in [0, 0.1) is 6.92 Å². The molecule has 0 saturated carbocycles. The van der Waals surface area contributed by atoms with Crippen LogP contribution in [0.2, 0.25) is 0 Å². The van der Waals surface area contributed by atoms with E-state index in [1.165, 1.54) is 42.8 Å². The molecule has 1 N–H and O–H groups in total. The van der Waals surface area contributed by atoms with Crippen LogP contribution in [-0.4, -0.2) is 56.6 Å². The summed E-state index contributed by atoms with van der Waals surface area (Å²) in [6.45, 7) is 6.83. The molecule has 0 atom stereocenters. The van der Waals surface area contributed by atoms with Crippen LogP contribution < -0.4 is 9.47 Å². The maximum atomic E-state index is 9.04. The highest BCUT2D eigenvalue weighted by Crippen LogP contribution is 2.41. The van der Waals surface area contributed by atoms with Crippen molar-refractivity contribution in [2.75, 3.05) is 46.6 Å². The summed E-state index contributed by atoms with van der Waals surface area (Å²) in [4.78, 5) is 3.70. The van der Waals surface area contributed by atoms with E-state index in [0.717, 1.165) is 50.8 Å². The van der Waals surface area contributed by atoms with Crippen LogP contribution in [0.1, 0.15) is 22.3 Å². The van der Waals surface area contributed by atoms with E-state index >= 15 is 0 Å². The molecule has 1 aliphatic heterocycles. The number of benzene rings is 3. The number of methoxy groups -OCH3 is 1. The van der Waals surface area contributed by atoms with Crippen molar-refractivity contribution in [3.8, 4) is 21.9 Å². The van der Waals surface area contributed by atoms with Gasteiger partial charge in [0, 0.05) is 34.8 Å². The number of ether oxygens (including phenoxy) is 3. The van der Waals surface area contributed by atoms with Gasteiger partial charge in [0.2, 0.25) is 0 Å². The average molecular weight is 504 g/mol. The number of aryl methyl sites for hydroxylation is 1. The number of fused-ring (bicyclic) bond motifs is 1. The first kappa shape index (κ1) is 24.8. The van der Waals surface area contributed by atoms with Crippen molar-refractivity contribution in [2.24, 2.45) is 0 Å². The zero-order valence-corrected chi connectivity index (χ0v) is 21.8. The second kappa shape index (κ2) is 11.4. The average Bonchev–Trinajstić information content (AvgIpc) is 3.26. The summed E-state index contributed by atoms with van der Waals surface area (Å²) in [6.07, 6.45) is 0.829. The Morgan fingerprint density at radius 1 is 1.00 bits per heavy atom. The van der Waals surface area contributed by atoms with Gasteiger partial charge in [-0.25, -0.2) is 0 Å². The number of morpholine rings is 1. The van der Waals surface area contributed by atoms with Gasteiger partial charge in [-0.15, -0.1) is 11.3 Å². The lowest BCUT2D eigenvalue weighted by Crippen LogP contribution is -2.35. The van der Waals surface area contributed by atoms with E-state index < -0.39 is 0 Å². The summed E-state index contributed by atoms with van der Waals surface area (Å²) >= 11 is 1.84. The fraction of sp³-hybridized carbons (Fsp3) is 0.333. The number of hydrogen-bond donors (Lipinski definition) is 1. The fourth-order valence-electron chi connectivity index (χ4n) is 4.77. The van der Waals surface area contributed by atoms with Crippen molar-refractivity contribution < 1.29 is 19.3 Å². The van der Waals surface area contributed by atoms with Gasteiger partial charge in [-0.05, 0) is 77.4 Å². The van der Waals surface area contributed by atoms with Gasteiger partial charge in [-0.1, -0.05) is 24.3 Å². The molecule has 1 aliphatic rings. The molecular weight excluding hydrogens is 470 g/mol. The molecule has 0 aliphatic carbocycles. The minimum Gasteiger partial charge on any atom is -0.496 e. The minimum absolute atomic E-state index is 0.0102. The SMILES string of the molecule is COc1cc(Cc2c(-c3ccc(OCCO)cc3)sc3cc(C)ccc23)ccc1CN1CCOCC1. The third-order valence-corrected chi connectivity index (χ3v) is 7.90. The maximum absolute atomic E-state index is 9.04. The molecule has 0 unspecified atom stereocenters. The third kappa shape index (κ3) is 5.57. The minimum atomic E-state index is 0.0102. The molecule has 188 valence electrons. The van der Waals surface area contributed by atoms with E-state index in [1.54, 1.807) is 7.11 Å². The summed E-state index contributed by atoms with van der Waals surface area (Å²) in [5.74, 6) is 1.72. The van der Waals surface area contributed by atoms with Crippen LogP contribution in [-0.2, 0) is 17.7 Å². The van der Waals surface area contributed by atoms with Gasteiger partial charge in [-0.3, -0.25) is 4.90 Å². The Labute approximate surface area is 216 Å². The van der Waals surface area contributed by atoms with E-state index in [4.69, 9.17) is 19.3 Å². The molecule has 0 amide bonds. The number of aliphatic hydroxyl groups excluding tert-OH is 1. The number of nitrogens with zero attached hydrogens (tertiary/aromatic N) is 1. The van der Waals surface area contributed by atoms with E-state index in [2.05, 4.69) is 60.4 Å². The molecule has 0 spiro atoms. The molecule has 1 aromatic heterocycles. The van der Waals surface area contributed by atoms with Crippen LogP contribution >= 0.6 is 11.3 Å². The smallest absolute Gasteiger partial charge is 0.123 e. The van der Waals surface area contributed by atoms with Gasteiger partial charge in [-0.2, -0.15) is 0 Å². The van der Waals surface area contributed by atoms with E-state index in [-0.39, 0.29) is 6.61 Å². The standard InChI is InChI=1S/C30H33NO4S/c1-21-3-10-26-27(30(36-29(26)17-21)23-6-8-25(9-7-23)35-16-13-32)18-22-4-5-24(28(19-22)33-2)20-31-11-14-34-15-12-31/h3-10,17,19,32H,11-16,18,20H2,1-2H3. The molecule has 4 aromatic rings. The Hall–Kier alpha value is -2.90. The maximum Gasteiger partial charge on any atom is 0.123 e. The van der Waals surface area contributed by atoms with Gasteiger partial charge < -0.3 is 19.3 Å². The molecule has 0 radical (unpaired) electrons. The van der Waals surface area contributed by atoms with E-state index in [1.807, 2.05) is 23.5 Å². The molecule has 2 heterocycles. The lowest BCUT2D eigenvalue weighted by Gasteiger charge is -2.27. The molecule has 0 bridgehead atoms. The van der Waals surface area contributed by atoms with Crippen molar-refractivity contribution >= 4 is 21.4 Å². The van der Waals surface area contributed by atoms with Crippen LogP contribution in [0.5, 0.6) is 11.5 Å². The van der Waals surface area contributed by atoms with Crippen molar-refractivity contribution in [1.29, 1.82) is 0 Å². The largest absolute Gasteiger partial charge is 0.496 e. The molecule has 3 aromatic carbocycles. The number of aliphatic hydroxyl groups is 1. The summed E-state index contributed by atoms with van der Waals surface area (Å²) < 4.78 is 18.2. The summed E-state index contributed by atoms with van der Waals surface area (Å²) in [7, 11) is 1.76. The predicted molar refractivity (Wildman–Crippen MR) is 146 cm³/mol. The highest BCUT2D eigenvalue weighted by atomic mass is 32.1. The Morgan fingerprint density at radius 2 is 1.81 bits per heavy atom. The van der Waals surface area contributed by atoms with Gasteiger partial charge in [0.05, 0.1) is 26.9 Å². The lowest BCUT2D eigenvalue weighted by molar-refractivity contribution is 0.0339. The molecule has 36 heavy (non-hydrogen) atoms. The highest BCUT2D eigenvalue weighted by molar-refractivity contribution is 7.22. The Bertz CT molecular complexity index is 1310. The second-order valence-corrected chi connectivity index (χ2v) is 10.3. The first-order valence-electron chi connectivity index (χ1n) is 12.5. The second-order valence-electron chi connectivity index (χ2n) is 9.22. The highest BCUT2D eigenvalue weighted by Gasteiger charge is 2.17. The summed E-state index contributed by atoms with van der Waals surface area (Å²) in [6, 6.07) is 21.6. The van der Waals surface area contributed by atoms with Crippen LogP contribution in [0.25, 0.3) is 20.5 Å². The monoisotopic (exact) mass is 503 g/mol. The molecular formula is C30H33NO4S. The normalized spacial score (nSPS) is 14.3. The molecule has 5 nitrogen and oxygen atoms in total. The van der Waals surface area contributed by atoms with Crippen LogP contribution in [0.4, 0.5) is 0 Å². The van der Waals surface area contributed by atoms with Crippen molar-refractivity contribution in [2.45, 2.75) is 19.9 Å². The Kier molecular flexibility index (Phi) is 7.87. The predicted octanol–water partition coefficient (Wildman–Crippen LogP) is 5.68. The fourth-order valence-corrected chi connectivity index (χ4v) is 6.09. The number of thiophene rings is 1. The number of rotatable bonds is 9. The van der Waals surface area contributed by atoms with Crippen LogP contribution in [0.15, 0.2) is 60.7 Å². The molecule has 1 fully saturated rings. The zero-order valence-electron chi connectivity index (χ0n) is 21.0. The van der Waals surface area contributed by atoms with Gasteiger partial charge >= 0.3 is 0 Å². The Balaban J connectivity index is 1.46. The summed E-state index contributed by atoms with van der Waals surface area (Å²) in [5, 5.41) is 10.3. The molecule has 5 rings (SSSR count). The van der Waals surface area contributed by atoms with Gasteiger partial charge in [0.15, 0.2) is 0 Å². The quantitative estimate of drug-likeness (QED) is 0.319. The number of hydrogen-bond acceptors (Lipinski definition) is 6. The van der Waals surface area contributed by atoms with Crippen LogP contribution in [0.3, 0.4) is 0 Å². The first-order valence-corrected chi connectivity index (χ1v) is 13.3. The van der Waals surface area contributed by atoms with Crippen molar-refractivity contribution in [3.05, 3.63) is 82.9 Å². The summed E-state index contributed by atoms with van der Waals surface area (Å²) in [5.41, 5.74) is 6.23. The first-order chi connectivity index (χ1) is 17.6.